The van der Waals surface area contributed by atoms with Crippen molar-refractivity contribution in [3.63, 3.8) is 0 Å². The molecule has 0 saturated heterocycles. The zero-order valence-electron chi connectivity index (χ0n) is 14.1. The number of amides is 2. The fraction of sp³-hybridized carbons (Fsp3) is 0.316. The number of hydrogen-bond acceptors (Lipinski definition) is 3. The Morgan fingerprint density at radius 2 is 1.96 bits per heavy atom. The van der Waals surface area contributed by atoms with Gasteiger partial charge in [0.15, 0.2) is 0 Å². The summed E-state index contributed by atoms with van der Waals surface area (Å²) in [6, 6.07) is 15.1. The van der Waals surface area contributed by atoms with Gasteiger partial charge in [-0.05, 0) is 36.6 Å². The molecule has 128 valence electrons. The number of benzene rings is 2. The van der Waals surface area contributed by atoms with Crippen LogP contribution in [0.3, 0.4) is 0 Å². The third kappa shape index (κ3) is 5.59. The monoisotopic (exact) mass is 328 g/mol. The van der Waals surface area contributed by atoms with Crippen molar-refractivity contribution in [2.75, 3.05) is 20.2 Å². The maximum atomic E-state index is 11.8. The van der Waals surface area contributed by atoms with Crippen LogP contribution in [0.5, 0.6) is 5.75 Å². The molecule has 0 fully saturated rings. The minimum absolute atomic E-state index is 0.142. The Morgan fingerprint density at radius 1 is 1.17 bits per heavy atom. The van der Waals surface area contributed by atoms with Crippen molar-refractivity contribution in [3.05, 3.63) is 65.2 Å². The Hall–Kier alpha value is -2.53. The number of carbonyl (C=O) groups excluding carboxylic acids is 1. The van der Waals surface area contributed by atoms with Crippen LogP contribution in [0.2, 0.25) is 0 Å². The predicted octanol–water partition coefficient (Wildman–Crippen LogP) is 2.58. The summed E-state index contributed by atoms with van der Waals surface area (Å²) in [6.07, 6.45) is -0.00398. The third-order valence-electron chi connectivity index (χ3n) is 3.72. The topological polar surface area (TPSA) is 70.6 Å². The van der Waals surface area contributed by atoms with E-state index in [1.807, 2.05) is 31.2 Å². The second-order valence-electron chi connectivity index (χ2n) is 5.67. The van der Waals surface area contributed by atoms with Crippen LogP contribution in [-0.4, -0.2) is 31.3 Å². The van der Waals surface area contributed by atoms with Gasteiger partial charge in [-0.15, -0.1) is 0 Å². The van der Waals surface area contributed by atoms with Crippen LogP contribution in [0.15, 0.2) is 48.5 Å². The summed E-state index contributed by atoms with van der Waals surface area (Å²) in [5.74, 6) is 0.675. The Labute approximate surface area is 142 Å². The molecule has 2 amide bonds. The molecule has 5 nitrogen and oxygen atoms in total. The Balaban J connectivity index is 1.72. The van der Waals surface area contributed by atoms with Crippen LogP contribution < -0.4 is 15.4 Å². The molecular formula is C19H24N2O3. The highest BCUT2D eigenvalue weighted by Gasteiger charge is 2.10. The van der Waals surface area contributed by atoms with Crippen molar-refractivity contribution in [3.8, 4) is 5.75 Å². The molecule has 0 spiro atoms. The van der Waals surface area contributed by atoms with Crippen molar-refractivity contribution in [2.45, 2.75) is 19.4 Å². The minimum Gasteiger partial charge on any atom is -0.497 e. The molecule has 0 aliphatic carbocycles. The van der Waals surface area contributed by atoms with Crippen LogP contribution in [-0.2, 0) is 6.42 Å². The molecule has 1 atom stereocenters. The van der Waals surface area contributed by atoms with Gasteiger partial charge in [-0.25, -0.2) is 4.79 Å². The molecule has 0 aromatic heterocycles. The second kappa shape index (κ2) is 8.93. The van der Waals surface area contributed by atoms with E-state index in [0.717, 1.165) is 6.42 Å². The lowest BCUT2D eigenvalue weighted by atomic mass is 10.1. The third-order valence-corrected chi connectivity index (χ3v) is 3.72. The van der Waals surface area contributed by atoms with Crippen LogP contribution in [0.1, 0.15) is 22.8 Å². The van der Waals surface area contributed by atoms with E-state index in [-0.39, 0.29) is 12.6 Å². The quantitative estimate of drug-likeness (QED) is 0.731. The summed E-state index contributed by atoms with van der Waals surface area (Å²) in [5.41, 5.74) is 3.10. The van der Waals surface area contributed by atoms with Gasteiger partial charge in [0, 0.05) is 13.1 Å². The van der Waals surface area contributed by atoms with Gasteiger partial charge in [0.2, 0.25) is 0 Å². The number of aryl methyl sites for hydroxylation is 1. The Kier molecular flexibility index (Phi) is 6.63. The molecule has 0 aliphatic heterocycles. The maximum absolute atomic E-state index is 11.8. The Morgan fingerprint density at radius 3 is 2.71 bits per heavy atom. The number of aliphatic hydroxyl groups is 1. The number of urea groups is 1. The van der Waals surface area contributed by atoms with Gasteiger partial charge >= 0.3 is 6.03 Å². The molecule has 0 saturated carbocycles. The van der Waals surface area contributed by atoms with E-state index in [4.69, 9.17) is 4.74 Å². The molecule has 2 aromatic rings. The fourth-order valence-electron chi connectivity index (χ4n) is 2.41. The average molecular weight is 328 g/mol. The second-order valence-corrected chi connectivity index (χ2v) is 5.67. The molecule has 2 rings (SSSR count). The molecule has 0 radical (unpaired) electrons. The van der Waals surface area contributed by atoms with E-state index >= 15 is 0 Å². The predicted molar refractivity (Wildman–Crippen MR) is 94.2 cm³/mol. The van der Waals surface area contributed by atoms with Crippen LogP contribution in [0, 0.1) is 6.92 Å². The highest BCUT2D eigenvalue weighted by Crippen LogP contribution is 2.18. The van der Waals surface area contributed by atoms with E-state index < -0.39 is 6.10 Å². The van der Waals surface area contributed by atoms with Crippen molar-refractivity contribution in [2.24, 2.45) is 0 Å². The van der Waals surface area contributed by atoms with E-state index in [2.05, 4.69) is 16.7 Å². The zero-order chi connectivity index (χ0) is 17.4. The van der Waals surface area contributed by atoms with E-state index in [1.54, 1.807) is 25.3 Å². The highest BCUT2D eigenvalue weighted by atomic mass is 16.5. The van der Waals surface area contributed by atoms with Crippen molar-refractivity contribution >= 4 is 6.03 Å². The van der Waals surface area contributed by atoms with Gasteiger partial charge in [0.1, 0.15) is 5.75 Å². The molecule has 0 bridgehead atoms. The van der Waals surface area contributed by atoms with E-state index in [9.17, 15) is 9.90 Å². The average Bonchev–Trinajstić information content (AvgIpc) is 2.60. The van der Waals surface area contributed by atoms with Gasteiger partial charge in [0.25, 0.3) is 0 Å². The summed E-state index contributed by atoms with van der Waals surface area (Å²) < 4.78 is 5.12. The van der Waals surface area contributed by atoms with Gasteiger partial charge in [-0.3, -0.25) is 0 Å². The normalized spacial score (nSPS) is 11.6. The molecule has 3 N–H and O–H groups in total. The number of ether oxygens (including phenoxy) is 1. The first-order valence-electron chi connectivity index (χ1n) is 7.98. The molecule has 0 aliphatic rings. The number of carbonyl (C=O) groups is 1. The number of methoxy groups -OCH3 is 1. The SMILES string of the molecule is COc1cccc(C(O)CNC(=O)NCCc2cccc(C)c2)c1. The summed E-state index contributed by atoms with van der Waals surface area (Å²) in [6.45, 7) is 2.73. The maximum Gasteiger partial charge on any atom is 0.314 e. The Bertz CT molecular complexity index is 673. The molecule has 0 heterocycles. The van der Waals surface area contributed by atoms with Gasteiger partial charge < -0.3 is 20.5 Å². The van der Waals surface area contributed by atoms with Crippen molar-refractivity contribution < 1.29 is 14.6 Å². The molecule has 1 unspecified atom stereocenters. The summed E-state index contributed by atoms with van der Waals surface area (Å²) in [5, 5.41) is 15.6. The number of hydrogen-bond donors (Lipinski definition) is 3. The first kappa shape index (κ1) is 17.8. The smallest absolute Gasteiger partial charge is 0.314 e. The summed E-state index contributed by atoms with van der Waals surface area (Å²) in [4.78, 5) is 11.8. The minimum atomic E-state index is -0.775. The first-order chi connectivity index (χ1) is 11.6. The van der Waals surface area contributed by atoms with Crippen LogP contribution in [0.25, 0.3) is 0 Å². The number of nitrogens with one attached hydrogen (secondary N) is 2. The molecule has 24 heavy (non-hydrogen) atoms. The number of aliphatic hydroxyl groups excluding tert-OH is 1. The lowest BCUT2D eigenvalue weighted by Crippen LogP contribution is -2.38. The zero-order valence-corrected chi connectivity index (χ0v) is 14.1. The van der Waals surface area contributed by atoms with Crippen LogP contribution >= 0.6 is 0 Å². The van der Waals surface area contributed by atoms with E-state index in [0.29, 0.717) is 17.9 Å². The lowest BCUT2D eigenvalue weighted by molar-refractivity contribution is 0.173. The van der Waals surface area contributed by atoms with Crippen molar-refractivity contribution in [1.29, 1.82) is 0 Å². The summed E-state index contributed by atoms with van der Waals surface area (Å²) >= 11 is 0. The van der Waals surface area contributed by atoms with Gasteiger partial charge in [0.05, 0.1) is 13.2 Å². The van der Waals surface area contributed by atoms with E-state index in [1.165, 1.54) is 11.1 Å². The van der Waals surface area contributed by atoms with Crippen LogP contribution in [0.4, 0.5) is 4.79 Å². The fourth-order valence-corrected chi connectivity index (χ4v) is 2.41. The first-order valence-corrected chi connectivity index (χ1v) is 7.98. The number of rotatable bonds is 7. The molecule has 2 aromatic carbocycles. The standard InChI is InChI=1S/C19H24N2O3/c1-14-5-3-6-15(11-14)9-10-20-19(23)21-13-18(22)16-7-4-8-17(12-16)24-2/h3-8,11-12,18,22H,9-10,13H2,1-2H3,(H2,20,21,23). The van der Waals surface area contributed by atoms with Gasteiger partial charge in [-0.1, -0.05) is 42.0 Å². The van der Waals surface area contributed by atoms with Gasteiger partial charge in [-0.2, -0.15) is 0 Å². The van der Waals surface area contributed by atoms with Crippen molar-refractivity contribution in [1.82, 2.24) is 10.6 Å². The molecular weight excluding hydrogens is 304 g/mol. The molecule has 5 heteroatoms. The largest absolute Gasteiger partial charge is 0.497 e. The highest BCUT2D eigenvalue weighted by molar-refractivity contribution is 5.73. The lowest BCUT2D eigenvalue weighted by Gasteiger charge is -2.14. The summed E-state index contributed by atoms with van der Waals surface area (Å²) in [7, 11) is 1.57.